The highest BCUT2D eigenvalue weighted by Gasteiger charge is 2.17. The molecule has 94 valence electrons. The first-order valence-electron chi connectivity index (χ1n) is 6.27. The second-order valence-corrected chi connectivity index (χ2v) is 4.66. The molecule has 2 aromatic rings. The Morgan fingerprint density at radius 3 is 2.83 bits per heavy atom. The fraction of sp³-hybridized carbons (Fsp3) is 0.385. The van der Waals surface area contributed by atoms with Gasteiger partial charge in [-0.15, -0.1) is 0 Å². The lowest BCUT2D eigenvalue weighted by molar-refractivity contribution is 0.479. The van der Waals surface area contributed by atoms with E-state index in [0.29, 0.717) is 6.04 Å². The maximum Gasteiger partial charge on any atom is 0.225 e. The minimum absolute atomic E-state index is 0.491. The van der Waals surface area contributed by atoms with Crippen LogP contribution in [0.4, 0.5) is 5.95 Å². The Hall–Kier alpha value is -1.88. The smallest absolute Gasteiger partial charge is 0.225 e. The lowest BCUT2D eigenvalue weighted by Gasteiger charge is -2.31. The minimum atomic E-state index is 0.491. The number of H-pyrrole nitrogens is 1. The van der Waals surface area contributed by atoms with Crippen LogP contribution in [-0.4, -0.2) is 40.6 Å². The summed E-state index contributed by atoms with van der Waals surface area (Å²) in [5.74, 6) is 0.818. The summed E-state index contributed by atoms with van der Waals surface area (Å²) in [4.78, 5) is 14.3. The van der Waals surface area contributed by atoms with E-state index >= 15 is 0 Å². The molecule has 2 aromatic heterocycles. The number of anilines is 1. The predicted octanol–water partition coefficient (Wildman–Crippen LogP) is 1.27. The molecule has 1 aliphatic heterocycles. The van der Waals surface area contributed by atoms with Gasteiger partial charge in [0, 0.05) is 55.5 Å². The van der Waals surface area contributed by atoms with E-state index in [0.717, 1.165) is 36.8 Å². The fourth-order valence-corrected chi connectivity index (χ4v) is 2.25. The van der Waals surface area contributed by atoms with E-state index in [1.54, 1.807) is 0 Å². The Morgan fingerprint density at radius 2 is 2.17 bits per heavy atom. The van der Waals surface area contributed by atoms with Crippen LogP contribution >= 0.6 is 0 Å². The summed E-state index contributed by atoms with van der Waals surface area (Å²) in [6.45, 7) is 5.09. The quantitative estimate of drug-likeness (QED) is 0.834. The van der Waals surface area contributed by atoms with Crippen LogP contribution in [-0.2, 0) is 0 Å². The average Bonchev–Trinajstić information content (AvgIpc) is 2.93. The highest BCUT2D eigenvalue weighted by Crippen LogP contribution is 2.17. The van der Waals surface area contributed by atoms with Gasteiger partial charge in [0.15, 0.2) is 0 Å². The fourth-order valence-electron chi connectivity index (χ4n) is 2.25. The van der Waals surface area contributed by atoms with Gasteiger partial charge in [-0.3, -0.25) is 0 Å². The van der Waals surface area contributed by atoms with Gasteiger partial charge in [-0.25, -0.2) is 9.97 Å². The topological polar surface area (TPSA) is 56.8 Å². The number of rotatable bonds is 2. The molecule has 18 heavy (non-hydrogen) atoms. The molecule has 1 atom stereocenters. The summed E-state index contributed by atoms with van der Waals surface area (Å²) in [7, 11) is 0. The van der Waals surface area contributed by atoms with Gasteiger partial charge in [0.1, 0.15) is 0 Å². The zero-order chi connectivity index (χ0) is 12.4. The maximum absolute atomic E-state index is 4.46. The molecular weight excluding hydrogens is 226 g/mol. The average molecular weight is 243 g/mol. The molecule has 2 N–H and O–H groups in total. The van der Waals surface area contributed by atoms with Crippen LogP contribution in [0.3, 0.4) is 0 Å². The number of nitrogens with one attached hydrogen (secondary N) is 2. The molecular formula is C13H17N5. The molecule has 0 amide bonds. The monoisotopic (exact) mass is 243 g/mol. The van der Waals surface area contributed by atoms with E-state index in [-0.39, 0.29) is 0 Å². The van der Waals surface area contributed by atoms with Crippen LogP contribution in [0.15, 0.2) is 30.7 Å². The first-order chi connectivity index (χ1) is 8.83. The third-order valence-electron chi connectivity index (χ3n) is 3.20. The van der Waals surface area contributed by atoms with Gasteiger partial charge in [0.2, 0.25) is 5.95 Å². The standard InChI is InChI=1S/C13H17N5/c1-10-9-18(6-5-14-10)13-16-7-11(8-17-13)12-3-2-4-15-12/h2-4,7-8,10,14-15H,5-6,9H2,1H3. The Balaban J connectivity index is 1.78. The van der Waals surface area contributed by atoms with Crippen LogP contribution < -0.4 is 10.2 Å². The molecule has 0 spiro atoms. The van der Waals surface area contributed by atoms with Crippen LogP contribution in [0.25, 0.3) is 11.3 Å². The van der Waals surface area contributed by atoms with Crippen LogP contribution in [0.5, 0.6) is 0 Å². The van der Waals surface area contributed by atoms with Crippen LogP contribution in [0, 0.1) is 0 Å². The Kier molecular flexibility index (Phi) is 2.98. The molecule has 1 saturated heterocycles. The van der Waals surface area contributed by atoms with Crippen molar-refractivity contribution in [3.63, 3.8) is 0 Å². The van der Waals surface area contributed by atoms with E-state index < -0.39 is 0 Å². The van der Waals surface area contributed by atoms with Gasteiger partial charge in [0.05, 0.1) is 0 Å². The zero-order valence-corrected chi connectivity index (χ0v) is 10.4. The molecule has 0 aromatic carbocycles. The van der Waals surface area contributed by atoms with Gasteiger partial charge in [-0.2, -0.15) is 0 Å². The summed E-state index contributed by atoms with van der Waals surface area (Å²) in [6.07, 6.45) is 5.66. The number of hydrogen-bond donors (Lipinski definition) is 2. The van der Waals surface area contributed by atoms with Gasteiger partial charge in [-0.05, 0) is 19.1 Å². The molecule has 0 radical (unpaired) electrons. The predicted molar refractivity (Wildman–Crippen MR) is 71.5 cm³/mol. The zero-order valence-electron chi connectivity index (χ0n) is 10.4. The highest BCUT2D eigenvalue weighted by atomic mass is 15.3. The number of aromatic nitrogens is 3. The molecule has 1 unspecified atom stereocenters. The van der Waals surface area contributed by atoms with E-state index in [1.807, 2.05) is 30.7 Å². The SMILES string of the molecule is CC1CN(c2ncc(-c3ccc[nH]3)cn2)CCN1. The molecule has 3 heterocycles. The Bertz CT molecular complexity index is 491. The number of nitrogens with zero attached hydrogens (tertiary/aromatic N) is 3. The lowest BCUT2D eigenvalue weighted by Crippen LogP contribution is -2.49. The van der Waals surface area contributed by atoms with Crippen molar-refractivity contribution in [3.05, 3.63) is 30.7 Å². The van der Waals surface area contributed by atoms with Crippen molar-refractivity contribution in [1.82, 2.24) is 20.3 Å². The van der Waals surface area contributed by atoms with E-state index in [4.69, 9.17) is 0 Å². The van der Waals surface area contributed by atoms with E-state index in [1.165, 1.54) is 0 Å². The summed E-state index contributed by atoms with van der Waals surface area (Å²) < 4.78 is 0. The van der Waals surface area contributed by atoms with Crippen LogP contribution in [0.1, 0.15) is 6.92 Å². The van der Waals surface area contributed by atoms with Crippen molar-refractivity contribution < 1.29 is 0 Å². The second-order valence-electron chi connectivity index (χ2n) is 4.66. The van der Waals surface area contributed by atoms with E-state index in [2.05, 4.69) is 32.1 Å². The van der Waals surface area contributed by atoms with Crippen LogP contribution in [0.2, 0.25) is 0 Å². The number of aromatic amines is 1. The molecule has 0 saturated carbocycles. The lowest BCUT2D eigenvalue weighted by atomic mass is 10.2. The highest BCUT2D eigenvalue weighted by molar-refractivity contribution is 5.57. The Labute approximate surface area is 106 Å². The van der Waals surface area contributed by atoms with Gasteiger partial charge in [0.25, 0.3) is 0 Å². The summed E-state index contributed by atoms with van der Waals surface area (Å²) >= 11 is 0. The first-order valence-corrected chi connectivity index (χ1v) is 6.27. The molecule has 1 aliphatic rings. The summed E-state index contributed by atoms with van der Waals surface area (Å²) in [5.41, 5.74) is 2.07. The number of hydrogen-bond acceptors (Lipinski definition) is 4. The third-order valence-corrected chi connectivity index (χ3v) is 3.20. The second kappa shape index (κ2) is 4.78. The summed E-state index contributed by atoms with van der Waals surface area (Å²) in [5, 5.41) is 3.41. The summed E-state index contributed by atoms with van der Waals surface area (Å²) in [6, 6.07) is 4.48. The molecule has 1 fully saturated rings. The van der Waals surface area contributed by atoms with Gasteiger partial charge in [-0.1, -0.05) is 0 Å². The molecule has 5 heteroatoms. The van der Waals surface area contributed by atoms with Crippen molar-refractivity contribution in [2.45, 2.75) is 13.0 Å². The first kappa shape index (κ1) is 11.2. The molecule has 5 nitrogen and oxygen atoms in total. The van der Waals surface area contributed by atoms with Crippen molar-refractivity contribution in [3.8, 4) is 11.3 Å². The van der Waals surface area contributed by atoms with Crippen molar-refractivity contribution in [2.75, 3.05) is 24.5 Å². The van der Waals surface area contributed by atoms with Crippen molar-refractivity contribution in [2.24, 2.45) is 0 Å². The van der Waals surface area contributed by atoms with Crippen molar-refractivity contribution >= 4 is 5.95 Å². The number of piperazine rings is 1. The minimum Gasteiger partial charge on any atom is -0.361 e. The molecule has 0 aliphatic carbocycles. The van der Waals surface area contributed by atoms with Crippen molar-refractivity contribution in [1.29, 1.82) is 0 Å². The normalized spacial score (nSPS) is 20.1. The molecule has 0 bridgehead atoms. The van der Waals surface area contributed by atoms with Gasteiger partial charge < -0.3 is 15.2 Å². The van der Waals surface area contributed by atoms with Gasteiger partial charge >= 0.3 is 0 Å². The Morgan fingerprint density at radius 1 is 1.33 bits per heavy atom. The third kappa shape index (κ3) is 2.22. The maximum atomic E-state index is 4.46. The van der Waals surface area contributed by atoms with E-state index in [9.17, 15) is 0 Å². The largest absolute Gasteiger partial charge is 0.361 e. The molecule has 3 rings (SSSR count).